The monoisotopic (exact) mass is 198 g/mol. The maximum absolute atomic E-state index is 11.3. The summed E-state index contributed by atoms with van der Waals surface area (Å²) >= 11 is 0. The van der Waals surface area contributed by atoms with E-state index in [1.807, 2.05) is 0 Å². The van der Waals surface area contributed by atoms with Crippen molar-refractivity contribution in [2.45, 2.75) is 19.4 Å². The van der Waals surface area contributed by atoms with Gasteiger partial charge in [0.15, 0.2) is 0 Å². The molecule has 0 saturated carbocycles. The first-order chi connectivity index (χ1) is 6.65. The van der Waals surface area contributed by atoms with Crippen LogP contribution in [0.4, 0.5) is 0 Å². The minimum absolute atomic E-state index is 0.0603. The molecule has 1 aromatic heterocycles. The number of methoxy groups -OCH3 is 1. The van der Waals surface area contributed by atoms with Gasteiger partial charge in [0.25, 0.3) is 0 Å². The van der Waals surface area contributed by atoms with Gasteiger partial charge in [0.1, 0.15) is 0 Å². The van der Waals surface area contributed by atoms with Crippen LogP contribution in [0.3, 0.4) is 0 Å². The van der Waals surface area contributed by atoms with Gasteiger partial charge in [0, 0.05) is 32.4 Å². The van der Waals surface area contributed by atoms with Gasteiger partial charge in [-0.1, -0.05) is 0 Å². The molecule has 1 rings (SSSR count). The number of esters is 1. The Bertz CT molecular complexity index is 364. The predicted octanol–water partition coefficient (Wildman–Crippen LogP) is 0.140. The van der Waals surface area contributed by atoms with Crippen LogP contribution in [0, 0.1) is 0 Å². The minimum Gasteiger partial charge on any atom is -0.469 e. The molecule has 0 aliphatic carbocycles. The van der Waals surface area contributed by atoms with Gasteiger partial charge in [-0.3, -0.25) is 9.36 Å². The number of aromatic nitrogens is 2. The van der Waals surface area contributed by atoms with Crippen LogP contribution < -0.4 is 5.69 Å². The van der Waals surface area contributed by atoms with E-state index in [9.17, 15) is 9.59 Å². The number of nitrogens with zero attached hydrogens (tertiary/aromatic N) is 2. The highest BCUT2D eigenvalue weighted by molar-refractivity contribution is 5.68. The second-order valence-electron chi connectivity index (χ2n) is 3.06. The minimum atomic E-state index is -0.242. The number of imidazole rings is 1. The standard InChI is InChI=1S/C9H14N2O3/c1-10-6-7-11(9(10)13)5-3-4-8(12)14-2/h6-7H,3-5H2,1-2H3. The molecule has 0 bridgehead atoms. The number of rotatable bonds is 4. The zero-order valence-corrected chi connectivity index (χ0v) is 8.40. The second kappa shape index (κ2) is 4.64. The van der Waals surface area contributed by atoms with Crippen LogP contribution >= 0.6 is 0 Å². The van der Waals surface area contributed by atoms with Crippen LogP contribution in [-0.4, -0.2) is 22.2 Å². The van der Waals surface area contributed by atoms with Crippen molar-refractivity contribution in [3.05, 3.63) is 22.9 Å². The number of ether oxygens (including phenoxy) is 1. The van der Waals surface area contributed by atoms with Gasteiger partial charge in [0.2, 0.25) is 0 Å². The van der Waals surface area contributed by atoms with E-state index in [1.54, 1.807) is 24.0 Å². The Morgan fingerprint density at radius 3 is 2.71 bits per heavy atom. The Labute approximate surface area is 81.9 Å². The average molecular weight is 198 g/mol. The van der Waals surface area contributed by atoms with Gasteiger partial charge in [-0.25, -0.2) is 4.79 Å². The summed E-state index contributed by atoms with van der Waals surface area (Å²) in [6, 6.07) is 0. The van der Waals surface area contributed by atoms with Crippen LogP contribution in [0.1, 0.15) is 12.8 Å². The highest BCUT2D eigenvalue weighted by Crippen LogP contribution is 1.94. The summed E-state index contributed by atoms with van der Waals surface area (Å²) < 4.78 is 7.56. The van der Waals surface area contributed by atoms with E-state index >= 15 is 0 Å². The largest absolute Gasteiger partial charge is 0.469 e. The third-order valence-electron chi connectivity index (χ3n) is 2.03. The fourth-order valence-electron chi connectivity index (χ4n) is 1.18. The third-order valence-corrected chi connectivity index (χ3v) is 2.03. The summed E-state index contributed by atoms with van der Waals surface area (Å²) in [7, 11) is 3.05. The lowest BCUT2D eigenvalue weighted by Gasteiger charge is -2.00. The number of hydrogen-bond donors (Lipinski definition) is 0. The molecular formula is C9H14N2O3. The van der Waals surface area contributed by atoms with Crippen molar-refractivity contribution in [2.24, 2.45) is 7.05 Å². The molecule has 0 saturated heterocycles. The maximum Gasteiger partial charge on any atom is 0.327 e. The zero-order chi connectivity index (χ0) is 10.6. The molecule has 1 heterocycles. The maximum atomic E-state index is 11.3. The molecule has 0 fully saturated rings. The first kappa shape index (κ1) is 10.6. The average Bonchev–Trinajstić information content (AvgIpc) is 2.49. The molecule has 0 spiro atoms. The van der Waals surface area contributed by atoms with Gasteiger partial charge >= 0.3 is 11.7 Å². The van der Waals surface area contributed by atoms with E-state index in [0.29, 0.717) is 19.4 Å². The summed E-state index contributed by atoms with van der Waals surface area (Å²) in [5, 5.41) is 0. The zero-order valence-electron chi connectivity index (χ0n) is 8.40. The van der Waals surface area contributed by atoms with E-state index < -0.39 is 0 Å². The smallest absolute Gasteiger partial charge is 0.327 e. The molecule has 0 aromatic carbocycles. The number of hydrogen-bond acceptors (Lipinski definition) is 3. The van der Waals surface area contributed by atoms with Crippen molar-refractivity contribution in [1.29, 1.82) is 0 Å². The lowest BCUT2D eigenvalue weighted by molar-refractivity contribution is -0.140. The Balaban J connectivity index is 2.43. The predicted molar refractivity (Wildman–Crippen MR) is 50.9 cm³/mol. The van der Waals surface area contributed by atoms with Gasteiger partial charge < -0.3 is 9.30 Å². The molecule has 0 N–H and O–H groups in total. The van der Waals surface area contributed by atoms with Crippen molar-refractivity contribution in [3.63, 3.8) is 0 Å². The molecule has 14 heavy (non-hydrogen) atoms. The van der Waals surface area contributed by atoms with E-state index in [4.69, 9.17) is 0 Å². The summed E-state index contributed by atoms with van der Waals surface area (Å²) in [6.07, 6.45) is 4.37. The van der Waals surface area contributed by atoms with E-state index in [1.165, 1.54) is 11.7 Å². The highest BCUT2D eigenvalue weighted by atomic mass is 16.5. The van der Waals surface area contributed by atoms with Crippen LogP contribution in [0.15, 0.2) is 17.2 Å². The fourth-order valence-corrected chi connectivity index (χ4v) is 1.18. The molecular weight excluding hydrogens is 184 g/mol. The van der Waals surface area contributed by atoms with E-state index in [0.717, 1.165) is 0 Å². The number of aryl methyl sites for hydroxylation is 2. The van der Waals surface area contributed by atoms with E-state index in [2.05, 4.69) is 4.74 Å². The van der Waals surface area contributed by atoms with Crippen molar-refractivity contribution in [1.82, 2.24) is 9.13 Å². The Morgan fingerprint density at radius 2 is 2.21 bits per heavy atom. The molecule has 0 radical (unpaired) electrons. The second-order valence-corrected chi connectivity index (χ2v) is 3.06. The lowest BCUT2D eigenvalue weighted by Crippen LogP contribution is -2.22. The number of carbonyl (C=O) groups excluding carboxylic acids is 1. The summed E-state index contributed by atoms with van der Waals surface area (Å²) in [5.74, 6) is -0.242. The van der Waals surface area contributed by atoms with Crippen LogP contribution in [0.5, 0.6) is 0 Å². The molecule has 0 aliphatic heterocycles. The third kappa shape index (κ3) is 2.48. The normalized spacial score (nSPS) is 10.1. The molecule has 0 aliphatic rings. The van der Waals surface area contributed by atoms with Gasteiger partial charge in [0.05, 0.1) is 7.11 Å². The van der Waals surface area contributed by atoms with Crippen molar-refractivity contribution >= 4 is 5.97 Å². The van der Waals surface area contributed by atoms with Crippen molar-refractivity contribution in [2.75, 3.05) is 7.11 Å². The molecule has 0 atom stereocenters. The van der Waals surface area contributed by atoms with Gasteiger partial charge in [-0.2, -0.15) is 0 Å². The fraction of sp³-hybridized carbons (Fsp3) is 0.556. The molecule has 5 nitrogen and oxygen atoms in total. The van der Waals surface area contributed by atoms with Crippen LogP contribution in [0.25, 0.3) is 0 Å². The van der Waals surface area contributed by atoms with E-state index in [-0.39, 0.29) is 11.7 Å². The Hall–Kier alpha value is -1.52. The Kier molecular flexibility index (Phi) is 3.50. The molecule has 5 heteroatoms. The first-order valence-corrected chi connectivity index (χ1v) is 4.43. The SMILES string of the molecule is COC(=O)CCCn1ccn(C)c1=O. The Morgan fingerprint density at radius 1 is 1.50 bits per heavy atom. The first-order valence-electron chi connectivity index (χ1n) is 4.43. The quantitative estimate of drug-likeness (QED) is 0.647. The number of carbonyl (C=O) groups is 1. The molecule has 1 aromatic rings. The molecule has 0 unspecified atom stereocenters. The topological polar surface area (TPSA) is 53.2 Å². The summed E-state index contributed by atoms with van der Waals surface area (Å²) in [5.41, 5.74) is -0.0603. The molecule has 78 valence electrons. The lowest BCUT2D eigenvalue weighted by atomic mass is 10.3. The van der Waals surface area contributed by atoms with Crippen molar-refractivity contribution < 1.29 is 9.53 Å². The van der Waals surface area contributed by atoms with Crippen LogP contribution in [0.2, 0.25) is 0 Å². The van der Waals surface area contributed by atoms with Crippen LogP contribution in [-0.2, 0) is 23.1 Å². The van der Waals surface area contributed by atoms with Gasteiger partial charge in [-0.05, 0) is 6.42 Å². The molecule has 0 amide bonds. The highest BCUT2D eigenvalue weighted by Gasteiger charge is 2.02. The summed E-state index contributed by atoms with van der Waals surface area (Å²) in [6.45, 7) is 0.550. The van der Waals surface area contributed by atoms with Gasteiger partial charge in [-0.15, -0.1) is 0 Å². The van der Waals surface area contributed by atoms with Crippen molar-refractivity contribution in [3.8, 4) is 0 Å². The summed E-state index contributed by atoms with van der Waals surface area (Å²) in [4.78, 5) is 22.1.